The lowest BCUT2D eigenvalue weighted by atomic mass is 9.83. The normalized spacial score (nSPS) is 18.4. The highest BCUT2D eigenvalue weighted by Crippen LogP contribution is 2.34. The fourth-order valence-electron chi connectivity index (χ4n) is 2.49. The van der Waals surface area contributed by atoms with Crippen LogP contribution in [-0.4, -0.2) is 44.4 Å². The van der Waals surface area contributed by atoms with E-state index in [1.807, 2.05) is 6.92 Å². The number of carbonyl (C=O) groups is 1. The molecule has 1 aliphatic heterocycles. The van der Waals surface area contributed by atoms with Crippen LogP contribution in [0, 0.1) is 6.92 Å². The maximum atomic E-state index is 10.9. The number of piperidine rings is 1. The van der Waals surface area contributed by atoms with Crippen molar-refractivity contribution >= 4 is 6.09 Å². The molecular weight excluding hydrogens is 248 g/mol. The average molecular weight is 266 g/mol. The Balaban J connectivity index is 2.24. The summed E-state index contributed by atoms with van der Waals surface area (Å²) in [6.07, 6.45) is -0.333. The second-order valence-electron chi connectivity index (χ2n) is 4.91. The van der Waals surface area contributed by atoms with E-state index < -0.39 is 11.7 Å². The molecule has 0 unspecified atom stereocenters. The van der Waals surface area contributed by atoms with Crippen molar-refractivity contribution in [1.29, 1.82) is 0 Å². The number of aryl methyl sites for hydroxylation is 1. The first-order valence-electron chi connectivity index (χ1n) is 6.24. The Labute approximate surface area is 111 Å². The molecule has 1 fully saturated rings. The SMILES string of the molecule is Cc1ccc(C2(O)CCN(C(=O)O)CC2)c(CO)n1. The zero-order valence-electron chi connectivity index (χ0n) is 10.8. The van der Waals surface area contributed by atoms with Crippen LogP contribution in [0.15, 0.2) is 12.1 Å². The predicted molar refractivity (Wildman–Crippen MR) is 67.6 cm³/mol. The summed E-state index contributed by atoms with van der Waals surface area (Å²) in [4.78, 5) is 16.4. The second-order valence-corrected chi connectivity index (χ2v) is 4.91. The van der Waals surface area contributed by atoms with Gasteiger partial charge in [-0.3, -0.25) is 4.98 Å². The molecule has 1 aromatic heterocycles. The third-order valence-corrected chi connectivity index (χ3v) is 3.63. The average Bonchev–Trinajstić information content (AvgIpc) is 2.38. The van der Waals surface area contributed by atoms with Gasteiger partial charge in [-0.2, -0.15) is 0 Å². The molecule has 1 amide bonds. The van der Waals surface area contributed by atoms with Gasteiger partial charge in [-0.05, 0) is 25.8 Å². The summed E-state index contributed by atoms with van der Waals surface area (Å²) in [6, 6.07) is 3.56. The van der Waals surface area contributed by atoms with Crippen LogP contribution >= 0.6 is 0 Å². The van der Waals surface area contributed by atoms with E-state index in [9.17, 15) is 15.0 Å². The molecule has 0 aliphatic carbocycles. The number of aromatic nitrogens is 1. The number of likely N-dealkylation sites (tertiary alicyclic amines) is 1. The van der Waals surface area contributed by atoms with Crippen molar-refractivity contribution in [1.82, 2.24) is 9.88 Å². The molecule has 0 aromatic carbocycles. The van der Waals surface area contributed by atoms with Crippen LogP contribution in [0.1, 0.15) is 29.8 Å². The second kappa shape index (κ2) is 5.14. The predicted octanol–water partition coefficient (Wildman–Crippen LogP) is 0.844. The zero-order chi connectivity index (χ0) is 14.0. The third-order valence-electron chi connectivity index (χ3n) is 3.63. The Morgan fingerprint density at radius 2 is 2.05 bits per heavy atom. The van der Waals surface area contributed by atoms with E-state index in [1.54, 1.807) is 12.1 Å². The van der Waals surface area contributed by atoms with Gasteiger partial charge in [0.2, 0.25) is 0 Å². The summed E-state index contributed by atoms with van der Waals surface area (Å²) in [5.41, 5.74) is 0.737. The fourth-order valence-corrected chi connectivity index (χ4v) is 2.49. The van der Waals surface area contributed by atoms with Crippen molar-refractivity contribution in [2.24, 2.45) is 0 Å². The molecule has 2 rings (SSSR count). The minimum absolute atomic E-state index is 0.234. The maximum absolute atomic E-state index is 10.9. The molecule has 0 atom stereocenters. The minimum Gasteiger partial charge on any atom is -0.465 e. The summed E-state index contributed by atoms with van der Waals surface area (Å²) in [5, 5.41) is 28.9. The topological polar surface area (TPSA) is 93.9 Å². The van der Waals surface area contributed by atoms with Gasteiger partial charge in [0.25, 0.3) is 0 Å². The minimum atomic E-state index is -1.11. The van der Waals surface area contributed by atoms with E-state index in [-0.39, 0.29) is 19.7 Å². The van der Waals surface area contributed by atoms with Crippen molar-refractivity contribution in [2.45, 2.75) is 32.0 Å². The highest BCUT2D eigenvalue weighted by molar-refractivity contribution is 5.65. The van der Waals surface area contributed by atoms with Gasteiger partial charge < -0.3 is 20.2 Å². The molecule has 3 N–H and O–H groups in total. The standard InChI is InChI=1S/C13H18N2O4/c1-9-2-3-10(11(8-16)14-9)13(19)4-6-15(7-5-13)12(17)18/h2-3,16,19H,4-8H2,1H3,(H,17,18). The van der Waals surface area contributed by atoms with Crippen LogP contribution in [0.5, 0.6) is 0 Å². The monoisotopic (exact) mass is 266 g/mol. The van der Waals surface area contributed by atoms with Gasteiger partial charge in [-0.15, -0.1) is 0 Å². The lowest BCUT2D eigenvalue weighted by Crippen LogP contribution is -2.45. The van der Waals surface area contributed by atoms with Gasteiger partial charge in [0.15, 0.2) is 0 Å². The number of carboxylic acid groups (broad SMARTS) is 1. The van der Waals surface area contributed by atoms with Crippen LogP contribution in [-0.2, 0) is 12.2 Å². The molecule has 6 heteroatoms. The molecule has 0 radical (unpaired) electrons. The van der Waals surface area contributed by atoms with E-state index in [4.69, 9.17) is 5.11 Å². The molecule has 19 heavy (non-hydrogen) atoms. The van der Waals surface area contributed by atoms with Crippen molar-refractivity contribution < 1.29 is 20.1 Å². The van der Waals surface area contributed by atoms with Crippen LogP contribution in [0.25, 0.3) is 0 Å². The number of nitrogens with zero attached hydrogens (tertiary/aromatic N) is 2. The number of aliphatic hydroxyl groups is 2. The van der Waals surface area contributed by atoms with Crippen molar-refractivity contribution in [2.75, 3.05) is 13.1 Å². The first-order chi connectivity index (χ1) is 8.96. The summed E-state index contributed by atoms with van der Waals surface area (Å²) >= 11 is 0. The summed E-state index contributed by atoms with van der Waals surface area (Å²) < 4.78 is 0. The Bertz CT molecular complexity index is 482. The number of aliphatic hydroxyl groups excluding tert-OH is 1. The molecule has 0 bridgehead atoms. The molecule has 1 aromatic rings. The molecule has 104 valence electrons. The van der Waals surface area contributed by atoms with Gasteiger partial charge >= 0.3 is 6.09 Å². The van der Waals surface area contributed by atoms with E-state index in [0.29, 0.717) is 24.1 Å². The molecular formula is C13H18N2O4. The Kier molecular flexibility index (Phi) is 3.73. The van der Waals surface area contributed by atoms with E-state index in [0.717, 1.165) is 5.69 Å². The summed E-state index contributed by atoms with van der Waals surface area (Å²) in [7, 11) is 0. The highest BCUT2D eigenvalue weighted by atomic mass is 16.4. The molecule has 0 spiro atoms. The first kappa shape index (κ1) is 13.8. The van der Waals surface area contributed by atoms with Crippen molar-refractivity contribution in [3.8, 4) is 0 Å². The Morgan fingerprint density at radius 3 is 2.58 bits per heavy atom. The van der Waals surface area contributed by atoms with Crippen molar-refractivity contribution in [3.05, 3.63) is 29.1 Å². The number of rotatable bonds is 2. The zero-order valence-corrected chi connectivity index (χ0v) is 10.8. The largest absolute Gasteiger partial charge is 0.465 e. The third kappa shape index (κ3) is 2.69. The van der Waals surface area contributed by atoms with Crippen molar-refractivity contribution in [3.63, 3.8) is 0 Å². The van der Waals surface area contributed by atoms with Crippen LogP contribution < -0.4 is 0 Å². The number of amides is 1. The lowest BCUT2D eigenvalue weighted by Gasteiger charge is -2.37. The molecule has 0 saturated carbocycles. The fraction of sp³-hybridized carbons (Fsp3) is 0.538. The molecule has 2 heterocycles. The van der Waals surface area contributed by atoms with Gasteiger partial charge in [0, 0.05) is 24.3 Å². The van der Waals surface area contributed by atoms with E-state index in [2.05, 4.69) is 4.98 Å². The van der Waals surface area contributed by atoms with Gasteiger partial charge in [0.1, 0.15) is 0 Å². The Hall–Kier alpha value is -1.66. The highest BCUT2D eigenvalue weighted by Gasteiger charge is 2.37. The number of hydrogen-bond donors (Lipinski definition) is 3. The van der Waals surface area contributed by atoms with Gasteiger partial charge in [-0.25, -0.2) is 4.79 Å². The smallest absolute Gasteiger partial charge is 0.407 e. The molecule has 6 nitrogen and oxygen atoms in total. The maximum Gasteiger partial charge on any atom is 0.407 e. The van der Waals surface area contributed by atoms with Crippen LogP contribution in [0.4, 0.5) is 4.79 Å². The van der Waals surface area contributed by atoms with Gasteiger partial charge in [0.05, 0.1) is 17.9 Å². The first-order valence-corrected chi connectivity index (χ1v) is 6.24. The lowest BCUT2D eigenvalue weighted by molar-refractivity contribution is -0.0230. The number of pyridine rings is 1. The van der Waals surface area contributed by atoms with Crippen LogP contribution in [0.2, 0.25) is 0 Å². The quantitative estimate of drug-likeness (QED) is 0.737. The van der Waals surface area contributed by atoms with Gasteiger partial charge in [-0.1, -0.05) is 6.07 Å². The number of hydrogen-bond acceptors (Lipinski definition) is 4. The molecule has 1 saturated heterocycles. The Morgan fingerprint density at radius 1 is 1.42 bits per heavy atom. The summed E-state index contributed by atoms with van der Waals surface area (Å²) in [5.74, 6) is 0. The van der Waals surface area contributed by atoms with E-state index >= 15 is 0 Å². The van der Waals surface area contributed by atoms with E-state index in [1.165, 1.54) is 4.90 Å². The summed E-state index contributed by atoms with van der Waals surface area (Å²) in [6.45, 7) is 2.15. The van der Waals surface area contributed by atoms with Crippen LogP contribution in [0.3, 0.4) is 0 Å². The molecule has 1 aliphatic rings.